The Bertz CT molecular complexity index is 348. The van der Waals surface area contributed by atoms with Crippen LogP contribution in [0.4, 0.5) is 13.2 Å². The van der Waals surface area contributed by atoms with Gasteiger partial charge in [0.2, 0.25) is 11.8 Å². The highest BCUT2D eigenvalue weighted by molar-refractivity contribution is 5.37. The molecule has 1 heterocycles. The molecule has 0 N–H and O–H groups in total. The van der Waals surface area contributed by atoms with Crippen LogP contribution in [-0.2, 0) is 0 Å². The van der Waals surface area contributed by atoms with Gasteiger partial charge >= 0.3 is 6.61 Å². The van der Waals surface area contributed by atoms with Gasteiger partial charge in [0.1, 0.15) is 11.6 Å². The Morgan fingerprint density at radius 2 is 2.15 bits per heavy atom. The number of ether oxygens (including phenoxy) is 1. The molecule has 0 saturated carbocycles. The van der Waals surface area contributed by atoms with Crippen LogP contribution in [0.2, 0.25) is 0 Å². The molecule has 0 unspecified atom stereocenters. The highest BCUT2D eigenvalue weighted by Crippen LogP contribution is 2.16. The summed E-state index contributed by atoms with van der Waals surface area (Å²) in [6.45, 7) is -3.12. The summed E-state index contributed by atoms with van der Waals surface area (Å²) in [5, 5.41) is 8.38. The second-order valence-electron chi connectivity index (χ2n) is 1.98. The van der Waals surface area contributed by atoms with Crippen molar-refractivity contribution in [1.82, 2.24) is 4.98 Å². The zero-order valence-corrected chi connectivity index (χ0v) is 6.17. The smallest absolute Gasteiger partial charge is 0.388 e. The van der Waals surface area contributed by atoms with Gasteiger partial charge in [0.15, 0.2) is 0 Å². The van der Waals surface area contributed by atoms with Gasteiger partial charge in [-0.25, -0.2) is 0 Å². The summed E-state index contributed by atoms with van der Waals surface area (Å²) in [7, 11) is 0. The average molecular weight is 188 g/mol. The van der Waals surface area contributed by atoms with Crippen LogP contribution in [0, 0.1) is 17.3 Å². The van der Waals surface area contributed by atoms with E-state index >= 15 is 0 Å². The van der Waals surface area contributed by atoms with Crippen LogP contribution in [0.25, 0.3) is 0 Å². The number of hydrogen-bond donors (Lipinski definition) is 0. The van der Waals surface area contributed by atoms with Gasteiger partial charge in [-0.2, -0.15) is 23.4 Å². The second kappa shape index (κ2) is 3.76. The van der Waals surface area contributed by atoms with Crippen LogP contribution >= 0.6 is 0 Å². The van der Waals surface area contributed by atoms with Crippen molar-refractivity contribution >= 4 is 0 Å². The first-order valence-electron chi connectivity index (χ1n) is 3.15. The maximum absolute atomic E-state index is 12.4. The molecule has 0 aliphatic rings. The molecule has 0 atom stereocenters. The SMILES string of the molecule is N#Cc1ccc(F)nc1OC(F)F. The second-order valence-corrected chi connectivity index (χ2v) is 1.98. The summed E-state index contributed by atoms with van der Waals surface area (Å²) in [6.07, 6.45) is 0. The predicted molar refractivity (Wildman–Crippen MR) is 35.5 cm³/mol. The Balaban J connectivity index is 3.03. The summed E-state index contributed by atoms with van der Waals surface area (Å²) in [5.74, 6) is -1.67. The van der Waals surface area contributed by atoms with E-state index in [4.69, 9.17) is 5.26 Å². The van der Waals surface area contributed by atoms with E-state index in [1.807, 2.05) is 0 Å². The number of nitriles is 1. The fourth-order valence-corrected chi connectivity index (χ4v) is 0.677. The minimum Gasteiger partial charge on any atom is -0.415 e. The zero-order chi connectivity index (χ0) is 9.84. The number of nitrogens with zero attached hydrogens (tertiary/aromatic N) is 2. The van der Waals surface area contributed by atoms with Crippen molar-refractivity contribution in [1.29, 1.82) is 5.26 Å². The number of pyridine rings is 1. The number of alkyl halides is 2. The van der Waals surface area contributed by atoms with Gasteiger partial charge in [-0.1, -0.05) is 0 Å². The minimum atomic E-state index is -3.12. The third-order valence-electron chi connectivity index (χ3n) is 1.15. The van der Waals surface area contributed by atoms with Crippen molar-refractivity contribution in [2.75, 3.05) is 0 Å². The standard InChI is InChI=1S/C7H3F3N2O/c8-5-2-1-4(3-11)6(12-5)13-7(9)10/h1-2,7H. The monoisotopic (exact) mass is 188 g/mol. The molecule has 6 heteroatoms. The average Bonchev–Trinajstić information content (AvgIpc) is 2.03. The number of aromatic nitrogens is 1. The van der Waals surface area contributed by atoms with E-state index in [9.17, 15) is 13.2 Å². The van der Waals surface area contributed by atoms with Crippen molar-refractivity contribution in [2.45, 2.75) is 6.61 Å². The van der Waals surface area contributed by atoms with Crippen molar-refractivity contribution in [3.8, 4) is 11.9 Å². The number of hydrogen-bond acceptors (Lipinski definition) is 3. The highest BCUT2D eigenvalue weighted by atomic mass is 19.3. The lowest BCUT2D eigenvalue weighted by Crippen LogP contribution is -2.06. The largest absolute Gasteiger partial charge is 0.415 e. The molecule has 13 heavy (non-hydrogen) atoms. The van der Waals surface area contributed by atoms with Crippen LogP contribution in [0.5, 0.6) is 5.88 Å². The molecule has 1 aromatic rings. The Morgan fingerprint density at radius 3 is 2.69 bits per heavy atom. The minimum absolute atomic E-state index is 0.235. The lowest BCUT2D eigenvalue weighted by atomic mass is 10.3. The van der Waals surface area contributed by atoms with E-state index in [1.54, 1.807) is 6.07 Å². The molecule has 1 rings (SSSR count). The lowest BCUT2D eigenvalue weighted by molar-refractivity contribution is -0.0534. The van der Waals surface area contributed by atoms with E-state index in [2.05, 4.69) is 9.72 Å². The fourth-order valence-electron chi connectivity index (χ4n) is 0.677. The van der Waals surface area contributed by atoms with Crippen LogP contribution < -0.4 is 4.74 Å². The third-order valence-corrected chi connectivity index (χ3v) is 1.15. The van der Waals surface area contributed by atoms with Gasteiger partial charge < -0.3 is 4.74 Å². The highest BCUT2D eigenvalue weighted by Gasteiger charge is 2.11. The molecule has 0 saturated heterocycles. The van der Waals surface area contributed by atoms with Gasteiger partial charge in [0, 0.05) is 0 Å². The molecule has 1 aromatic heterocycles. The first-order chi connectivity index (χ1) is 6.13. The van der Waals surface area contributed by atoms with Crippen molar-refractivity contribution in [3.63, 3.8) is 0 Å². The van der Waals surface area contributed by atoms with Gasteiger partial charge in [-0.15, -0.1) is 0 Å². The number of rotatable bonds is 2. The molecule has 0 aliphatic carbocycles. The molecular formula is C7H3F3N2O. The lowest BCUT2D eigenvalue weighted by Gasteiger charge is -2.03. The predicted octanol–water partition coefficient (Wildman–Crippen LogP) is 1.69. The van der Waals surface area contributed by atoms with E-state index in [0.29, 0.717) is 0 Å². The van der Waals surface area contributed by atoms with Crippen LogP contribution in [0.3, 0.4) is 0 Å². The first-order valence-corrected chi connectivity index (χ1v) is 3.15. The van der Waals surface area contributed by atoms with Gasteiger partial charge in [0.05, 0.1) is 0 Å². The summed E-state index contributed by atoms with van der Waals surface area (Å²) in [6, 6.07) is 3.44. The summed E-state index contributed by atoms with van der Waals surface area (Å²) >= 11 is 0. The molecule has 68 valence electrons. The van der Waals surface area contributed by atoms with E-state index in [1.165, 1.54) is 0 Å². The van der Waals surface area contributed by atoms with Crippen LogP contribution in [0.15, 0.2) is 12.1 Å². The van der Waals surface area contributed by atoms with Crippen molar-refractivity contribution in [2.24, 2.45) is 0 Å². The zero-order valence-electron chi connectivity index (χ0n) is 6.17. The molecule has 0 aromatic carbocycles. The Hall–Kier alpha value is -1.77. The van der Waals surface area contributed by atoms with Gasteiger partial charge in [-0.3, -0.25) is 0 Å². The van der Waals surface area contributed by atoms with Crippen LogP contribution in [-0.4, -0.2) is 11.6 Å². The van der Waals surface area contributed by atoms with E-state index in [-0.39, 0.29) is 5.56 Å². The van der Waals surface area contributed by atoms with E-state index < -0.39 is 18.4 Å². The number of halogens is 3. The van der Waals surface area contributed by atoms with Crippen molar-refractivity contribution in [3.05, 3.63) is 23.6 Å². The van der Waals surface area contributed by atoms with Gasteiger partial charge in [-0.05, 0) is 12.1 Å². The van der Waals surface area contributed by atoms with Gasteiger partial charge in [0.25, 0.3) is 0 Å². The Labute approximate surface area is 71.4 Å². The summed E-state index contributed by atoms with van der Waals surface area (Å²) in [5.41, 5.74) is -0.235. The molecule has 0 amide bonds. The Kier molecular flexibility index (Phi) is 2.69. The fraction of sp³-hybridized carbons (Fsp3) is 0.143. The quantitative estimate of drug-likeness (QED) is 0.663. The molecule has 3 nitrogen and oxygen atoms in total. The molecule has 0 spiro atoms. The topological polar surface area (TPSA) is 45.9 Å². The molecule has 0 aliphatic heterocycles. The molecule has 0 radical (unpaired) electrons. The Morgan fingerprint density at radius 1 is 1.46 bits per heavy atom. The first kappa shape index (κ1) is 9.32. The summed E-state index contributed by atoms with van der Waals surface area (Å²) < 4.78 is 39.5. The maximum Gasteiger partial charge on any atom is 0.388 e. The van der Waals surface area contributed by atoms with Crippen LogP contribution in [0.1, 0.15) is 5.56 Å². The summed E-state index contributed by atoms with van der Waals surface area (Å²) in [4.78, 5) is 2.99. The normalized spacial score (nSPS) is 9.77. The molecular weight excluding hydrogens is 185 g/mol. The maximum atomic E-state index is 12.4. The third kappa shape index (κ3) is 2.33. The van der Waals surface area contributed by atoms with Crippen molar-refractivity contribution < 1.29 is 17.9 Å². The van der Waals surface area contributed by atoms with E-state index in [0.717, 1.165) is 12.1 Å². The molecule has 0 fully saturated rings. The molecule has 0 bridgehead atoms.